The van der Waals surface area contributed by atoms with E-state index in [0.717, 1.165) is 6.92 Å². The molecular formula is C3H3CaO3+. The monoisotopic (exact) mass is 127 g/mol. The van der Waals surface area contributed by atoms with Crippen LogP contribution < -0.4 is 5.11 Å². The Bertz CT molecular complexity index is 76.2. The fourth-order valence-corrected chi connectivity index (χ4v) is 0. The van der Waals surface area contributed by atoms with Crippen LogP contribution >= 0.6 is 0 Å². The maximum Gasteiger partial charge on any atom is 2.00 e. The summed E-state index contributed by atoms with van der Waals surface area (Å²) in [5.74, 6) is -2.56. The molecule has 0 amide bonds. The molecule has 0 aromatic rings. The molecule has 0 bridgehead atoms. The molecule has 0 aliphatic heterocycles. The van der Waals surface area contributed by atoms with Gasteiger partial charge in [-0.15, -0.1) is 0 Å². The Morgan fingerprint density at radius 1 is 1.43 bits per heavy atom. The first-order valence-electron chi connectivity index (χ1n) is 1.36. The third-order valence-corrected chi connectivity index (χ3v) is 0.287. The zero-order valence-corrected chi connectivity index (χ0v) is 6.14. The molecule has 0 unspecified atom stereocenters. The van der Waals surface area contributed by atoms with Gasteiger partial charge in [-0.3, -0.25) is 4.79 Å². The molecule has 0 spiro atoms. The van der Waals surface area contributed by atoms with Crippen molar-refractivity contribution in [3.63, 3.8) is 0 Å². The molecule has 4 heteroatoms. The molecule has 0 aliphatic rings. The summed E-state index contributed by atoms with van der Waals surface area (Å²) >= 11 is 0. The van der Waals surface area contributed by atoms with Crippen LogP contribution in [0, 0.1) is 0 Å². The second kappa shape index (κ2) is 4.56. The number of carbonyl (C=O) groups is 2. The second-order valence-corrected chi connectivity index (χ2v) is 0.844. The average Bonchev–Trinajstić information content (AvgIpc) is 1.36. The number of rotatable bonds is 1. The first kappa shape index (κ1) is 10.4. The van der Waals surface area contributed by atoms with E-state index in [-0.39, 0.29) is 37.7 Å². The summed E-state index contributed by atoms with van der Waals surface area (Å²) in [4.78, 5) is 18.7. The number of Topliss-reactive ketones (excluding diaryl/α,β-unsaturated/α-hetero) is 1. The van der Waals surface area contributed by atoms with Gasteiger partial charge in [0, 0.05) is 6.92 Å². The molecule has 0 aromatic heterocycles. The van der Waals surface area contributed by atoms with Gasteiger partial charge in [0.25, 0.3) is 0 Å². The zero-order chi connectivity index (χ0) is 5.15. The Kier molecular flexibility index (Phi) is 6.77. The standard InChI is InChI=1S/C3H4O3.Ca/c1-2(4)3(5)6;/h1H3,(H,5,6);/q;+2/p-1. The van der Waals surface area contributed by atoms with Crippen molar-refractivity contribution >= 4 is 49.5 Å². The normalized spacial score (nSPS) is 6.43. The van der Waals surface area contributed by atoms with Gasteiger partial charge in [0.05, 0.1) is 0 Å². The summed E-state index contributed by atoms with van der Waals surface area (Å²) < 4.78 is 0. The second-order valence-electron chi connectivity index (χ2n) is 0.844. The summed E-state index contributed by atoms with van der Waals surface area (Å²) in [6, 6.07) is 0. The van der Waals surface area contributed by atoms with Crippen molar-refractivity contribution < 1.29 is 14.7 Å². The van der Waals surface area contributed by atoms with Crippen LogP contribution in [0.25, 0.3) is 0 Å². The Labute approximate surface area is 70.7 Å². The number of carboxylic acid groups (broad SMARTS) is 1. The van der Waals surface area contributed by atoms with E-state index in [0.29, 0.717) is 0 Å². The summed E-state index contributed by atoms with van der Waals surface area (Å²) in [5.41, 5.74) is 0. The smallest absolute Gasteiger partial charge is 0.542 e. The number of aliphatic carboxylic acids is 1. The summed E-state index contributed by atoms with van der Waals surface area (Å²) in [6.45, 7) is 0.940. The number of carboxylic acids is 1. The third-order valence-electron chi connectivity index (χ3n) is 0.287. The van der Waals surface area contributed by atoms with Gasteiger partial charge in [0.2, 0.25) is 0 Å². The van der Waals surface area contributed by atoms with Crippen LogP contribution in [0.3, 0.4) is 0 Å². The van der Waals surface area contributed by atoms with Crippen LogP contribution in [0.2, 0.25) is 0 Å². The van der Waals surface area contributed by atoms with Crippen molar-refractivity contribution in [3.8, 4) is 0 Å². The van der Waals surface area contributed by atoms with E-state index in [1.165, 1.54) is 0 Å². The molecule has 0 heterocycles. The maximum absolute atomic E-state index is 9.48. The largest absolute Gasteiger partial charge is 2.00 e. The Hall–Kier alpha value is 0.400. The van der Waals surface area contributed by atoms with Gasteiger partial charge in [-0.05, 0) is 0 Å². The van der Waals surface area contributed by atoms with Crippen LogP contribution in [-0.2, 0) is 9.59 Å². The number of carbonyl (C=O) groups excluding carboxylic acids is 2. The van der Waals surface area contributed by atoms with Crippen molar-refractivity contribution in [2.75, 3.05) is 0 Å². The van der Waals surface area contributed by atoms with E-state index in [1.807, 2.05) is 0 Å². The quantitative estimate of drug-likeness (QED) is 0.301. The van der Waals surface area contributed by atoms with Gasteiger partial charge in [-0.1, -0.05) is 0 Å². The van der Waals surface area contributed by atoms with Crippen molar-refractivity contribution in [1.29, 1.82) is 0 Å². The minimum absolute atomic E-state index is 0. The van der Waals surface area contributed by atoms with Gasteiger partial charge in [0.15, 0.2) is 5.78 Å². The van der Waals surface area contributed by atoms with Gasteiger partial charge < -0.3 is 9.90 Å². The van der Waals surface area contributed by atoms with E-state index in [4.69, 9.17) is 0 Å². The van der Waals surface area contributed by atoms with Crippen LogP contribution in [0.5, 0.6) is 0 Å². The zero-order valence-electron chi connectivity index (χ0n) is 3.93. The minimum atomic E-state index is -1.63. The van der Waals surface area contributed by atoms with Gasteiger partial charge >= 0.3 is 37.7 Å². The van der Waals surface area contributed by atoms with Crippen molar-refractivity contribution in [1.82, 2.24) is 0 Å². The van der Waals surface area contributed by atoms with Crippen molar-refractivity contribution in [3.05, 3.63) is 0 Å². The summed E-state index contributed by atoms with van der Waals surface area (Å²) in [5, 5.41) is 9.24. The number of hydrogen-bond acceptors (Lipinski definition) is 3. The van der Waals surface area contributed by atoms with E-state index in [1.54, 1.807) is 0 Å². The maximum atomic E-state index is 9.48. The van der Waals surface area contributed by atoms with Crippen LogP contribution in [0.4, 0.5) is 0 Å². The van der Waals surface area contributed by atoms with Gasteiger partial charge in [-0.2, -0.15) is 0 Å². The molecule has 0 fully saturated rings. The molecule has 0 saturated carbocycles. The van der Waals surface area contributed by atoms with E-state index in [9.17, 15) is 14.7 Å². The van der Waals surface area contributed by atoms with E-state index >= 15 is 0 Å². The molecule has 0 saturated heterocycles. The molecule has 3 nitrogen and oxygen atoms in total. The summed E-state index contributed by atoms with van der Waals surface area (Å²) in [6.07, 6.45) is 0. The Morgan fingerprint density at radius 3 is 1.57 bits per heavy atom. The van der Waals surface area contributed by atoms with Crippen LogP contribution in [0.1, 0.15) is 6.92 Å². The van der Waals surface area contributed by atoms with Crippen LogP contribution in [-0.4, -0.2) is 49.5 Å². The molecule has 34 valence electrons. The SMILES string of the molecule is CC(=O)C(=O)[O-].[Ca+2]. The summed E-state index contributed by atoms with van der Waals surface area (Å²) in [7, 11) is 0. The molecule has 7 heavy (non-hydrogen) atoms. The van der Waals surface area contributed by atoms with Gasteiger partial charge in [0.1, 0.15) is 5.97 Å². The fourth-order valence-electron chi connectivity index (χ4n) is 0. The van der Waals surface area contributed by atoms with E-state index in [2.05, 4.69) is 0 Å². The molecule has 0 rings (SSSR count). The van der Waals surface area contributed by atoms with Crippen molar-refractivity contribution in [2.45, 2.75) is 6.92 Å². The fraction of sp³-hybridized carbons (Fsp3) is 0.333. The Morgan fingerprint density at radius 2 is 1.57 bits per heavy atom. The molecule has 0 radical (unpaired) electrons. The predicted octanol–water partition coefficient (Wildman–Crippen LogP) is -2.06. The average molecular weight is 127 g/mol. The van der Waals surface area contributed by atoms with Crippen molar-refractivity contribution in [2.24, 2.45) is 0 Å². The van der Waals surface area contributed by atoms with Gasteiger partial charge in [-0.25, -0.2) is 0 Å². The first-order chi connectivity index (χ1) is 2.64. The molecular weight excluding hydrogens is 124 g/mol. The third kappa shape index (κ3) is 6.40. The number of hydrogen-bond donors (Lipinski definition) is 0. The predicted molar refractivity (Wildman–Crippen MR) is 21.4 cm³/mol. The number of ketones is 1. The van der Waals surface area contributed by atoms with Crippen LogP contribution in [0.15, 0.2) is 0 Å². The molecule has 0 N–H and O–H groups in total. The Balaban J connectivity index is 0. The molecule has 0 aliphatic carbocycles. The topological polar surface area (TPSA) is 57.2 Å². The molecule has 0 aromatic carbocycles. The molecule has 0 atom stereocenters. The minimum Gasteiger partial charge on any atom is -0.542 e. The van der Waals surface area contributed by atoms with E-state index < -0.39 is 11.8 Å². The first-order valence-corrected chi connectivity index (χ1v) is 1.36.